The molecule has 2 unspecified atom stereocenters. The van der Waals surface area contributed by atoms with E-state index in [1.165, 1.54) is 6.42 Å². The number of benzene rings is 1. The molecule has 8 nitrogen and oxygen atoms in total. The van der Waals surface area contributed by atoms with Gasteiger partial charge in [0.2, 0.25) is 0 Å². The fourth-order valence-corrected chi connectivity index (χ4v) is 6.91. The van der Waals surface area contributed by atoms with E-state index < -0.39 is 0 Å². The van der Waals surface area contributed by atoms with Crippen molar-refractivity contribution < 1.29 is 14.4 Å². The van der Waals surface area contributed by atoms with E-state index in [1.807, 2.05) is 25.1 Å². The first-order chi connectivity index (χ1) is 17.7. The summed E-state index contributed by atoms with van der Waals surface area (Å²) >= 11 is 0. The summed E-state index contributed by atoms with van der Waals surface area (Å²) in [5.41, 5.74) is 3.49. The lowest BCUT2D eigenvalue weighted by molar-refractivity contribution is -0.123. The smallest absolute Gasteiger partial charge is 0.270 e. The minimum absolute atomic E-state index is 0.0221. The predicted octanol–water partition coefficient (Wildman–Crippen LogP) is 4.39. The number of hydrogen-bond donors (Lipinski definition) is 2. The summed E-state index contributed by atoms with van der Waals surface area (Å²) in [6, 6.07) is 5.58. The minimum atomic E-state index is -0.382. The molecular weight excluding hydrogens is 466 g/mol. The molecule has 0 radical (unpaired) electrons. The van der Waals surface area contributed by atoms with E-state index in [4.69, 9.17) is 0 Å². The second-order valence-electron chi connectivity index (χ2n) is 12.1. The molecule has 1 aromatic heterocycles. The number of carbonyl (C=O) groups excluding carboxylic acids is 3. The lowest BCUT2D eigenvalue weighted by Crippen LogP contribution is -2.46. The molecular formula is C29H35N5O3. The molecule has 0 bridgehead atoms. The van der Waals surface area contributed by atoms with Gasteiger partial charge in [-0.25, -0.2) is 0 Å². The highest BCUT2D eigenvalue weighted by Crippen LogP contribution is 2.57. The van der Waals surface area contributed by atoms with Crippen molar-refractivity contribution in [2.75, 3.05) is 13.1 Å². The van der Waals surface area contributed by atoms with Crippen molar-refractivity contribution in [3.63, 3.8) is 0 Å². The first kappa shape index (κ1) is 24.1. The van der Waals surface area contributed by atoms with Crippen molar-refractivity contribution in [2.45, 2.75) is 77.2 Å². The highest BCUT2D eigenvalue weighted by Gasteiger charge is 2.52. The van der Waals surface area contributed by atoms with Gasteiger partial charge in [-0.05, 0) is 67.7 Å². The van der Waals surface area contributed by atoms with Crippen molar-refractivity contribution in [2.24, 2.45) is 21.5 Å². The second kappa shape index (κ2) is 8.64. The van der Waals surface area contributed by atoms with E-state index in [2.05, 4.69) is 34.4 Å². The van der Waals surface area contributed by atoms with Crippen LogP contribution in [0.5, 0.6) is 0 Å². The molecule has 6 rings (SSSR count). The molecule has 2 amide bonds. The number of carbonyl (C=O) groups is 3. The van der Waals surface area contributed by atoms with Gasteiger partial charge in [-0.3, -0.25) is 14.4 Å². The van der Waals surface area contributed by atoms with E-state index in [1.54, 1.807) is 11.1 Å². The number of Topliss-reactive ketones (excluding diaryl/α,β-unsaturated/α-hetero) is 1. The first-order valence-electron chi connectivity index (χ1n) is 13.6. The molecule has 1 spiro atoms. The molecule has 1 aromatic carbocycles. The average Bonchev–Trinajstić information content (AvgIpc) is 3.40. The van der Waals surface area contributed by atoms with Crippen LogP contribution >= 0.6 is 0 Å². The van der Waals surface area contributed by atoms with E-state index in [0.29, 0.717) is 30.8 Å². The number of aromatic nitrogens is 1. The number of likely N-dealkylation sites (tertiary alicyclic amines) is 1. The summed E-state index contributed by atoms with van der Waals surface area (Å²) in [6.45, 7) is 7.17. The van der Waals surface area contributed by atoms with Gasteiger partial charge in [0, 0.05) is 53.1 Å². The summed E-state index contributed by atoms with van der Waals surface area (Å²) in [5.74, 6) is 0.00314. The lowest BCUT2D eigenvalue weighted by atomic mass is 9.53. The van der Waals surface area contributed by atoms with Crippen LogP contribution in [-0.2, 0) is 10.2 Å². The maximum absolute atomic E-state index is 13.3. The first-order valence-corrected chi connectivity index (χ1v) is 13.6. The van der Waals surface area contributed by atoms with Gasteiger partial charge < -0.3 is 15.2 Å². The maximum atomic E-state index is 13.3. The molecule has 1 saturated carbocycles. The molecule has 2 fully saturated rings. The molecule has 8 heteroatoms. The highest BCUT2D eigenvalue weighted by molar-refractivity contribution is 6.39. The average molecular weight is 502 g/mol. The van der Waals surface area contributed by atoms with Gasteiger partial charge >= 0.3 is 0 Å². The van der Waals surface area contributed by atoms with Crippen LogP contribution in [0.4, 0.5) is 0 Å². The normalized spacial score (nSPS) is 26.0. The predicted molar refractivity (Wildman–Crippen MR) is 143 cm³/mol. The Morgan fingerprint density at radius 3 is 2.76 bits per heavy atom. The molecule has 37 heavy (non-hydrogen) atoms. The van der Waals surface area contributed by atoms with Crippen molar-refractivity contribution >= 4 is 40.4 Å². The Morgan fingerprint density at radius 1 is 1.19 bits per heavy atom. The zero-order valence-corrected chi connectivity index (χ0v) is 21.9. The van der Waals surface area contributed by atoms with Gasteiger partial charge in [-0.2, -0.15) is 5.10 Å². The minimum Gasteiger partial charge on any atom is -0.352 e. The Labute approximate surface area is 217 Å². The molecule has 2 aromatic rings. The van der Waals surface area contributed by atoms with Gasteiger partial charge in [0.25, 0.3) is 11.8 Å². The molecule has 2 aliphatic heterocycles. The van der Waals surface area contributed by atoms with E-state index in [9.17, 15) is 14.4 Å². The van der Waals surface area contributed by atoms with Crippen molar-refractivity contribution in [1.82, 2.24) is 15.2 Å². The summed E-state index contributed by atoms with van der Waals surface area (Å²) in [5, 5.41) is 12.3. The van der Waals surface area contributed by atoms with Crippen LogP contribution < -0.4 is 5.32 Å². The van der Waals surface area contributed by atoms with Crippen LogP contribution in [0, 0.1) is 11.3 Å². The van der Waals surface area contributed by atoms with Crippen molar-refractivity contribution in [3.05, 3.63) is 35.0 Å². The summed E-state index contributed by atoms with van der Waals surface area (Å²) in [7, 11) is 0. The SMILES string of the molecule is CC1CCC=NN=C1C(=O)N1CCC(NC(=O)c2ccc3[nH]c4c(c3c2)C2(CCC2)CC(C)(C)C4=O)C1. The summed E-state index contributed by atoms with van der Waals surface area (Å²) < 4.78 is 0. The van der Waals surface area contributed by atoms with Crippen molar-refractivity contribution in [3.8, 4) is 0 Å². The standard InChI is InChI=1S/C29H35N5O3/c1-17-6-4-12-30-33-23(17)27(37)34-13-9-19(15-34)31-26(36)18-7-8-21-20(14-18)22-24(32-21)25(35)28(2,3)16-29(22)10-5-11-29/h7-8,12,14,17,19,32H,4-6,9-11,13,15-16H2,1-3H3,(H,31,36). The summed E-state index contributed by atoms with van der Waals surface area (Å²) in [6.07, 6.45) is 8.34. The van der Waals surface area contributed by atoms with Crippen LogP contribution in [0.2, 0.25) is 0 Å². The fourth-order valence-electron chi connectivity index (χ4n) is 6.91. The Bertz CT molecular complexity index is 1360. The Morgan fingerprint density at radius 2 is 2.00 bits per heavy atom. The highest BCUT2D eigenvalue weighted by atomic mass is 16.2. The van der Waals surface area contributed by atoms with Crippen molar-refractivity contribution in [1.29, 1.82) is 0 Å². The third kappa shape index (κ3) is 3.92. The third-order valence-corrected chi connectivity index (χ3v) is 9.00. The van der Waals surface area contributed by atoms with Crippen LogP contribution in [0.25, 0.3) is 10.9 Å². The van der Waals surface area contributed by atoms with E-state index in [0.717, 1.165) is 54.3 Å². The number of amides is 2. The number of nitrogens with zero attached hydrogens (tertiary/aromatic N) is 3. The second-order valence-corrected chi connectivity index (χ2v) is 12.1. The number of aromatic amines is 1. The molecule has 194 valence electrons. The van der Waals surface area contributed by atoms with E-state index >= 15 is 0 Å². The number of hydrogen-bond acceptors (Lipinski definition) is 5. The van der Waals surface area contributed by atoms with E-state index in [-0.39, 0.29) is 40.4 Å². The Kier molecular flexibility index (Phi) is 5.62. The van der Waals surface area contributed by atoms with Gasteiger partial charge in [0.05, 0.1) is 5.69 Å². The Hall–Kier alpha value is -3.29. The largest absolute Gasteiger partial charge is 0.352 e. The number of fused-ring (bicyclic) bond motifs is 4. The maximum Gasteiger partial charge on any atom is 0.270 e. The van der Waals surface area contributed by atoms with Gasteiger partial charge in [-0.1, -0.05) is 27.2 Å². The fraction of sp³-hybridized carbons (Fsp3) is 0.552. The van der Waals surface area contributed by atoms with Crippen LogP contribution in [0.3, 0.4) is 0 Å². The Balaban J connectivity index is 1.21. The zero-order chi connectivity index (χ0) is 25.9. The third-order valence-electron chi connectivity index (χ3n) is 9.00. The summed E-state index contributed by atoms with van der Waals surface area (Å²) in [4.78, 5) is 44.8. The van der Waals surface area contributed by atoms with Crippen LogP contribution in [-0.4, -0.2) is 58.5 Å². The van der Waals surface area contributed by atoms with Crippen LogP contribution in [0.1, 0.15) is 92.1 Å². The number of rotatable bonds is 3. The molecule has 1 saturated heterocycles. The molecule has 2 N–H and O–H groups in total. The van der Waals surface area contributed by atoms with Gasteiger partial charge in [0.15, 0.2) is 5.78 Å². The lowest BCUT2D eigenvalue weighted by Gasteiger charge is -2.50. The number of nitrogens with one attached hydrogen (secondary N) is 2. The van der Waals surface area contributed by atoms with Crippen LogP contribution in [0.15, 0.2) is 28.4 Å². The molecule has 3 heterocycles. The molecule has 4 aliphatic rings. The van der Waals surface area contributed by atoms with Gasteiger partial charge in [-0.15, -0.1) is 5.10 Å². The number of ketones is 1. The van der Waals surface area contributed by atoms with Gasteiger partial charge in [0.1, 0.15) is 5.71 Å². The number of H-pyrrole nitrogens is 1. The monoisotopic (exact) mass is 501 g/mol. The zero-order valence-electron chi connectivity index (χ0n) is 21.9. The topological polar surface area (TPSA) is 107 Å². The quantitative estimate of drug-likeness (QED) is 0.651. The molecule has 2 aliphatic carbocycles. The molecule has 2 atom stereocenters.